The van der Waals surface area contributed by atoms with Crippen LogP contribution in [0.5, 0.6) is 0 Å². The zero-order chi connectivity index (χ0) is 95.3. The second-order valence-corrected chi connectivity index (χ2v) is 32.4. The van der Waals surface area contributed by atoms with E-state index in [0.29, 0.717) is 0 Å². The Balaban J connectivity index is 0.955. The van der Waals surface area contributed by atoms with Crippen molar-refractivity contribution in [3.05, 3.63) is 0 Å². The summed E-state index contributed by atoms with van der Waals surface area (Å²) in [5.41, 5.74) is 0. The molecule has 0 aromatic carbocycles. The number of rotatable bonds is 35. The smallest absolute Gasteiger partial charge is 0.364 e. The molecule has 4 amide bonds. The van der Waals surface area contributed by atoms with Crippen molar-refractivity contribution < 1.29 is 267 Å². The number of aliphatic hydroxyl groups is 29. The molecule has 58 heteroatoms. The van der Waals surface area contributed by atoms with Gasteiger partial charge in [0.2, 0.25) is 23.6 Å². The van der Waals surface area contributed by atoms with E-state index in [0.717, 1.165) is 20.8 Å². The maximum atomic E-state index is 13.3. The van der Waals surface area contributed by atoms with E-state index >= 15 is 0 Å². The molecule has 746 valence electrons. The molecule has 10 saturated heterocycles. The molecule has 0 spiro atoms. The molecule has 51 atom stereocenters. The average Bonchev–Trinajstić information content (AvgIpc) is 0.692. The number of carbonyl (C=O) groups excluding carboxylic acids is 4. The molecule has 0 saturated carbocycles. The number of aliphatic carboxylic acids is 1. The van der Waals surface area contributed by atoms with Crippen molar-refractivity contribution in [2.24, 2.45) is 0 Å². The first-order valence-corrected chi connectivity index (χ1v) is 40.8. The number of nitrogens with one attached hydrogen (secondary N) is 4. The van der Waals surface area contributed by atoms with Crippen LogP contribution >= 0.6 is 0 Å². The minimum Gasteiger partial charge on any atom is -0.477 e. The lowest BCUT2D eigenvalue weighted by atomic mass is 9.88. The summed E-state index contributed by atoms with van der Waals surface area (Å²) < 4.78 is 112. The van der Waals surface area contributed by atoms with Crippen LogP contribution in [0.15, 0.2) is 0 Å². The van der Waals surface area contributed by atoms with Crippen molar-refractivity contribution in [3.63, 3.8) is 0 Å². The Hall–Kier alpha value is -4.57. The summed E-state index contributed by atoms with van der Waals surface area (Å²) >= 11 is 0. The number of amides is 4. The number of aliphatic hydroxyl groups excluding tert-OH is 29. The molecule has 129 heavy (non-hydrogen) atoms. The van der Waals surface area contributed by atoms with Gasteiger partial charge in [0.1, 0.15) is 238 Å². The molecule has 0 unspecified atom stereocenters. The highest BCUT2D eigenvalue weighted by atomic mass is 16.8. The van der Waals surface area contributed by atoms with Gasteiger partial charge in [-0.2, -0.15) is 0 Å². The van der Waals surface area contributed by atoms with Crippen molar-refractivity contribution in [1.82, 2.24) is 21.3 Å². The van der Waals surface area contributed by atoms with E-state index in [4.69, 9.17) is 90.0 Å². The van der Waals surface area contributed by atoms with Gasteiger partial charge in [-0.05, 0) is 6.92 Å². The van der Waals surface area contributed by atoms with E-state index in [1.165, 1.54) is 6.92 Å². The van der Waals surface area contributed by atoms with E-state index in [1.54, 1.807) is 0 Å². The van der Waals surface area contributed by atoms with Gasteiger partial charge in [0.15, 0.2) is 56.6 Å². The van der Waals surface area contributed by atoms with Crippen LogP contribution in [0.3, 0.4) is 0 Å². The first-order valence-electron chi connectivity index (χ1n) is 40.8. The summed E-state index contributed by atoms with van der Waals surface area (Å²) in [6.07, 6.45) is -101. The Bertz CT molecular complexity index is 3550. The monoisotopic (exact) mass is 1890 g/mol. The molecule has 10 aliphatic heterocycles. The molecule has 10 aliphatic rings. The molecule has 0 aromatic rings. The van der Waals surface area contributed by atoms with Gasteiger partial charge in [0, 0.05) is 27.2 Å². The maximum Gasteiger partial charge on any atom is 0.364 e. The van der Waals surface area contributed by atoms with Gasteiger partial charge in [-0.25, -0.2) is 4.79 Å². The van der Waals surface area contributed by atoms with Gasteiger partial charge < -0.3 is 264 Å². The normalized spacial score (nSPS) is 48.1. The molecule has 0 radical (unpaired) electrons. The predicted octanol–water partition coefficient (Wildman–Crippen LogP) is -23.0. The average molecular weight is 1890 g/mol. The van der Waals surface area contributed by atoms with E-state index in [1.807, 2.05) is 0 Å². The van der Waals surface area contributed by atoms with Crippen molar-refractivity contribution >= 4 is 29.6 Å². The number of carboxylic acid groups (broad SMARTS) is 1. The first kappa shape index (κ1) is 106. The van der Waals surface area contributed by atoms with Crippen molar-refractivity contribution in [2.45, 2.75) is 347 Å². The lowest BCUT2D eigenvalue weighted by molar-refractivity contribution is -0.400. The number of carboxylic acids is 1. The zero-order valence-corrected chi connectivity index (χ0v) is 68.9. The van der Waals surface area contributed by atoms with Crippen molar-refractivity contribution in [2.75, 3.05) is 66.1 Å². The fraction of sp³-hybridized carbons (Fsp3) is 0.930. The van der Waals surface area contributed by atoms with Crippen LogP contribution in [-0.4, -0.2) is 561 Å². The Morgan fingerprint density at radius 1 is 0.349 bits per heavy atom. The number of ether oxygens (including phenoxy) is 19. The molecule has 10 heterocycles. The van der Waals surface area contributed by atoms with E-state index < -0.39 is 414 Å². The predicted molar refractivity (Wildman–Crippen MR) is 393 cm³/mol. The van der Waals surface area contributed by atoms with Gasteiger partial charge in [-0.3, -0.25) is 19.2 Å². The lowest BCUT2D eigenvalue weighted by Gasteiger charge is -2.51. The molecule has 0 bridgehead atoms. The SMILES string of the molecule is CC(=O)N[C@@H]1[C@@H](O)[C@H](O[C@H]2O[C@H](CO)[C@@H](O[C@@H]3O[C@H](CO[C@H]4O[C@H](CO)[C@@H](O)[C@H](O[C@H]5O[C@H](CO)[C@@H](O)[C@H](O)[C@@H]5O)[C@@H]4O)[C@@H](O)[C@H](O[C@H]4O[C@H](CO)[C@@H](O)[C@H](O)[C@@H]4O[C@@H]4O[C@H](CO)[C@@H](O[C@@H]5O[C@H](CO)[C@H](O)[C@H](O[C@]6(C(=O)O)C[C@H](O)[C@@H](NC(=O)CO)[C@H]([C@H](O)[C@H](O)CO)O6)[C@H]5O)[C@H](O)[C@H]4NC(C)=O)[C@@H]3O)[C@H](O)[C@H]2NC(C)=O)[C@@H](CO[C@H]2O[C@H](C)[C@H](O)[C@H](O)[C@H]2O)O[C@@H]1O. The van der Waals surface area contributed by atoms with E-state index in [-0.39, 0.29) is 0 Å². The molecule has 0 aromatic heterocycles. The van der Waals surface area contributed by atoms with Gasteiger partial charge in [-0.1, -0.05) is 0 Å². The molecular weight excluding hydrogens is 1770 g/mol. The van der Waals surface area contributed by atoms with E-state index in [2.05, 4.69) is 21.3 Å². The molecule has 34 N–H and O–H groups in total. The van der Waals surface area contributed by atoms with Crippen molar-refractivity contribution in [3.8, 4) is 0 Å². The highest BCUT2D eigenvalue weighted by molar-refractivity contribution is 5.78. The van der Waals surface area contributed by atoms with Gasteiger partial charge in [0.25, 0.3) is 5.79 Å². The van der Waals surface area contributed by atoms with Crippen LogP contribution in [-0.2, 0) is 114 Å². The van der Waals surface area contributed by atoms with Crippen LogP contribution in [0.25, 0.3) is 0 Å². The van der Waals surface area contributed by atoms with Crippen LogP contribution in [0.2, 0.25) is 0 Å². The minimum atomic E-state index is -3.39. The largest absolute Gasteiger partial charge is 0.477 e. The standard InChI is InChI=1S/C71H118N4O54/c1-16-35(90)45(100)48(103)64(113-16)112-15-29-55(42(97)32(61(108)114-29)72-17(2)84)122-62-33(73-18(3)85)43(98)53(26(11-81)119-62)123-67-51(106)58(41(96)28(121-67)14-111-65-50(105)57(39(94)24(9-79)115-65)125-66-49(104)46(101)37(92)22(7-77)116-66)126-69-60(47(102)38(93)23(8-78)118-69)127-63-34(74-19(4)86)44(99)54(27(12-82)120-63)124-68-52(107)59(40(95)25(10-80)117-68)129-71(70(109)110)5-20(87)31(75-30(89)13-83)56(128-71)36(91)21(88)6-76/h16,20-29,31-69,76-83,87-88,90-108H,5-15H2,1-4H3,(H,72,84)(H,73,85)(H,74,86)(H,75,89)(H,109,110)/t16-,20+,21-,22-,23-,24-,25-,26-,27-,28-,29-,31-,32-,33-,34-,35+,36-,37-,38-,39-,40+,41-,42-,43-,44-,45+,46+,47+,48-,49+,50+,51+,52-,53-,54-,55-,56-,57+,58+,59+,60+,61+,62-,63+,64+,65+,66-,67+,68+,69-,71+/m1/s1. The lowest BCUT2D eigenvalue weighted by Crippen LogP contribution is -2.71. The molecular formula is C71H118N4O54. The number of hydrogen-bond acceptors (Lipinski definition) is 53. The topological polar surface area (TPSA) is 916 Å². The van der Waals surface area contributed by atoms with Crippen LogP contribution < -0.4 is 21.3 Å². The zero-order valence-electron chi connectivity index (χ0n) is 68.9. The summed E-state index contributed by atoms with van der Waals surface area (Å²) in [6, 6.07) is -7.88. The Labute approximate surface area is 728 Å². The van der Waals surface area contributed by atoms with Gasteiger partial charge in [-0.15, -0.1) is 0 Å². The molecule has 10 rings (SSSR count). The first-order chi connectivity index (χ1) is 60.9. The fourth-order valence-electron chi connectivity index (χ4n) is 16.5. The van der Waals surface area contributed by atoms with Crippen LogP contribution in [0.1, 0.15) is 34.1 Å². The number of hydrogen-bond donors (Lipinski definition) is 34. The molecule has 0 aliphatic carbocycles. The Morgan fingerprint density at radius 3 is 1.21 bits per heavy atom. The van der Waals surface area contributed by atoms with Crippen LogP contribution in [0.4, 0.5) is 0 Å². The highest BCUT2D eigenvalue weighted by Gasteiger charge is 2.64. The third-order valence-corrected chi connectivity index (χ3v) is 23.5. The summed E-state index contributed by atoms with van der Waals surface area (Å²) in [5.74, 6) is -9.79. The quantitative estimate of drug-likeness (QED) is 0.0280. The van der Waals surface area contributed by atoms with E-state index in [9.17, 15) is 177 Å². The summed E-state index contributed by atoms with van der Waals surface area (Å²) in [7, 11) is 0. The Kier molecular flexibility index (Phi) is 38.0. The van der Waals surface area contributed by atoms with Gasteiger partial charge in [0.05, 0.1) is 77.7 Å². The summed E-state index contributed by atoms with van der Waals surface area (Å²) in [5, 5.41) is 343. The highest BCUT2D eigenvalue weighted by Crippen LogP contribution is 2.43. The molecule has 58 nitrogen and oxygen atoms in total. The number of carbonyl (C=O) groups is 5. The molecule has 10 fully saturated rings. The fourth-order valence-corrected chi connectivity index (χ4v) is 16.5. The summed E-state index contributed by atoms with van der Waals surface area (Å²) in [4.78, 5) is 64.6. The second kappa shape index (κ2) is 46.1. The summed E-state index contributed by atoms with van der Waals surface area (Å²) in [6.45, 7) is -7.82. The van der Waals surface area contributed by atoms with Crippen molar-refractivity contribution in [1.29, 1.82) is 0 Å². The second-order valence-electron chi connectivity index (χ2n) is 32.4. The Morgan fingerprint density at radius 2 is 0.713 bits per heavy atom. The maximum absolute atomic E-state index is 13.3. The minimum absolute atomic E-state index is 0.847. The third kappa shape index (κ3) is 23.5. The van der Waals surface area contributed by atoms with Gasteiger partial charge >= 0.3 is 5.97 Å². The third-order valence-electron chi connectivity index (χ3n) is 23.5. The van der Waals surface area contributed by atoms with Crippen LogP contribution in [0, 0.1) is 0 Å².